The lowest BCUT2D eigenvalue weighted by molar-refractivity contribution is 0.105. The van der Waals surface area contributed by atoms with Gasteiger partial charge in [-0.1, -0.05) is 26.2 Å². The number of nitrogens with zero attached hydrogens (tertiary/aromatic N) is 1. The van der Waals surface area contributed by atoms with Crippen LogP contribution in [0.1, 0.15) is 58.9 Å². The minimum Gasteiger partial charge on any atom is -0.384 e. The van der Waals surface area contributed by atoms with Crippen molar-refractivity contribution in [1.82, 2.24) is 4.90 Å². The summed E-state index contributed by atoms with van der Waals surface area (Å²) in [6.45, 7) is 5.76. The molecule has 3 heteroatoms. The van der Waals surface area contributed by atoms with E-state index in [1.807, 2.05) is 6.07 Å². The molecule has 23 heavy (non-hydrogen) atoms. The van der Waals surface area contributed by atoms with Crippen molar-refractivity contribution in [3.05, 3.63) is 29.6 Å². The van der Waals surface area contributed by atoms with Gasteiger partial charge in [-0.3, -0.25) is 0 Å². The summed E-state index contributed by atoms with van der Waals surface area (Å²) in [6, 6.07) is 6.05. The fourth-order valence-corrected chi connectivity index (χ4v) is 5.14. The first-order valence-corrected chi connectivity index (χ1v) is 9.44. The topological polar surface area (TPSA) is 15.3 Å². The first-order chi connectivity index (χ1) is 11.2. The van der Waals surface area contributed by atoms with Crippen LogP contribution in [0.2, 0.25) is 0 Å². The Hall–Kier alpha value is -1.09. The van der Waals surface area contributed by atoms with E-state index in [2.05, 4.69) is 17.1 Å². The number of halogens is 1. The van der Waals surface area contributed by atoms with E-state index in [1.165, 1.54) is 63.6 Å². The Balaban J connectivity index is 0.00000169. The number of piperidine rings is 1. The molecule has 3 aliphatic rings. The smallest absolute Gasteiger partial charge is 0.123 e. The Morgan fingerprint density at radius 1 is 1.22 bits per heavy atom. The van der Waals surface area contributed by atoms with E-state index in [0.717, 1.165) is 24.2 Å². The predicted molar refractivity (Wildman–Crippen MR) is 95.5 cm³/mol. The lowest BCUT2D eigenvalue weighted by Gasteiger charge is -2.43. The molecule has 2 fully saturated rings. The molecule has 1 saturated heterocycles. The van der Waals surface area contributed by atoms with E-state index in [9.17, 15) is 4.39 Å². The first kappa shape index (κ1) is 15.4. The molecule has 0 radical (unpaired) electrons. The number of rotatable bonds is 1. The first-order valence-electron chi connectivity index (χ1n) is 9.44. The third kappa shape index (κ3) is 2.88. The van der Waals surface area contributed by atoms with Crippen molar-refractivity contribution in [3.8, 4) is 0 Å². The molecule has 2 heterocycles. The molecule has 1 saturated carbocycles. The molecule has 1 aromatic rings. The van der Waals surface area contributed by atoms with Crippen LogP contribution in [-0.4, -0.2) is 30.6 Å². The van der Waals surface area contributed by atoms with Crippen molar-refractivity contribution in [2.45, 2.75) is 63.3 Å². The van der Waals surface area contributed by atoms with Crippen LogP contribution in [0, 0.1) is 11.7 Å². The maximum Gasteiger partial charge on any atom is 0.123 e. The molecular weight excluding hydrogens is 287 g/mol. The van der Waals surface area contributed by atoms with Gasteiger partial charge in [-0.25, -0.2) is 4.39 Å². The highest BCUT2D eigenvalue weighted by Crippen LogP contribution is 2.45. The minimum atomic E-state index is -0.0909. The number of benzene rings is 1. The molecule has 128 valence electrons. The maximum atomic E-state index is 13.7. The van der Waals surface area contributed by atoms with Crippen LogP contribution in [0.5, 0.6) is 0 Å². The summed E-state index contributed by atoms with van der Waals surface area (Å²) >= 11 is 0. The average Bonchev–Trinajstić information content (AvgIpc) is 2.74. The highest BCUT2D eigenvalue weighted by atomic mass is 19.1. The van der Waals surface area contributed by atoms with Crippen LogP contribution < -0.4 is 5.32 Å². The van der Waals surface area contributed by atoms with Crippen LogP contribution in [0.15, 0.2) is 18.2 Å². The van der Waals surface area contributed by atoms with E-state index in [0.29, 0.717) is 0 Å². The maximum absolute atomic E-state index is 13.7. The Morgan fingerprint density at radius 2 is 2.00 bits per heavy atom. The molecule has 0 bridgehead atoms. The highest BCUT2D eigenvalue weighted by Gasteiger charge is 2.42. The largest absolute Gasteiger partial charge is 0.384 e. The van der Waals surface area contributed by atoms with Gasteiger partial charge in [-0.15, -0.1) is 0 Å². The van der Waals surface area contributed by atoms with Gasteiger partial charge in [0.2, 0.25) is 0 Å². The summed E-state index contributed by atoms with van der Waals surface area (Å²) in [4.78, 5) is 2.74. The molecule has 1 aromatic carbocycles. The standard InChI is InChI=1S/C20H29FN2.H2/c1-15-4-2-3-5-17(12-15)23-10-8-20(9-11-23)14-22-19-7-6-16(21)13-18(19)20;/h6-7,13,15,17,22H,2-5,8-12,14H2,1H3;1H. The zero-order valence-electron chi connectivity index (χ0n) is 14.3. The molecule has 0 aromatic heterocycles. The second kappa shape index (κ2) is 6.08. The van der Waals surface area contributed by atoms with E-state index < -0.39 is 0 Å². The van der Waals surface area contributed by atoms with Crippen molar-refractivity contribution in [1.29, 1.82) is 0 Å². The van der Waals surface area contributed by atoms with Crippen molar-refractivity contribution in [2.75, 3.05) is 25.0 Å². The molecule has 2 unspecified atom stereocenters. The number of hydrogen-bond acceptors (Lipinski definition) is 2. The predicted octanol–water partition coefficient (Wildman–Crippen LogP) is 4.80. The molecule has 2 nitrogen and oxygen atoms in total. The van der Waals surface area contributed by atoms with Crippen molar-refractivity contribution in [2.24, 2.45) is 5.92 Å². The van der Waals surface area contributed by atoms with Crippen molar-refractivity contribution < 1.29 is 5.82 Å². The lowest BCUT2D eigenvalue weighted by atomic mass is 9.74. The fourth-order valence-electron chi connectivity index (χ4n) is 5.14. The van der Waals surface area contributed by atoms with Gasteiger partial charge >= 0.3 is 0 Å². The van der Waals surface area contributed by atoms with Crippen LogP contribution in [0.3, 0.4) is 0 Å². The van der Waals surface area contributed by atoms with Crippen molar-refractivity contribution in [3.63, 3.8) is 0 Å². The van der Waals surface area contributed by atoms with Gasteiger partial charge in [-0.2, -0.15) is 0 Å². The van der Waals surface area contributed by atoms with E-state index in [-0.39, 0.29) is 12.7 Å². The lowest BCUT2D eigenvalue weighted by Crippen LogP contribution is -2.48. The van der Waals surface area contributed by atoms with Gasteiger partial charge in [0.1, 0.15) is 5.82 Å². The Bertz CT molecular complexity index is 569. The SMILES string of the molecule is CC1CCCCC(N2CCC3(CC2)CNc2ccc(F)cc23)C1.[HH]. The fraction of sp³-hybridized carbons (Fsp3) is 0.700. The number of nitrogens with one attached hydrogen (secondary N) is 1. The van der Waals surface area contributed by atoms with E-state index >= 15 is 0 Å². The number of anilines is 1. The summed E-state index contributed by atoms with van der Waals surface area (Å²) in [5.74, 6) is 0.785. The third-order valence-electron chi connectivity index (χ3n) is 6.60. The minimum absolute atomic E-state index is 0. The van der Waals surface area contributed by atoms with Gasteiger partial charge in [0.05, 0.1) is 0 Å². The normalized spacial score (nSPS) is 30.7. The monoisotopic (exact) mass is 318 g/mol. The van der Waals surface area contributed by atoms with Gasteiger partial charge in [0.15, 0.2) is 0 Å². The molecule has 1 N–H and O–H groups in total. The Labute approximate surface area is 140 Å². The third-order valence-corrected chi connectivity index (χ3v) is 6.60. The molecule has 0 amide bonds. The second-order valence-corrected chi connectivity index (χ2v) is 8.14. The molecule has 1 aliphatic carbocycles. The number of hydrogen-bond donors (Lipinski definition) is 1. The summed E-state index contributed by atoms with van der Waals surface area (Å²) < 4.78 is 13.7. The zero-order chi connectivity index (χ0) is 15.9. The van der Waals surface area contributed by atoms with Crippen LogP contribution in [0.25, 0.3) is 0 Å². The quantitative estimate of drug-likeness (QED) is 0.748. The molecule has 4 rings (SSSR count). The summed E-state index contributed by atoms with van der Waals surface area (Å²) in [7, 11) is 0. The summed E-state index contributed by atoms with van der Waals surface area (Å²) in [5.41, 5.74) is 2.55. The van der Waals surface area contributed by atoms with Crippen LogP contribution in [-0.2, 0) is 5.41 Å². The molecular formula is C20H31FN2. The highest BCUT2D eigenvalue weighted by molar-refractivity contribution is 5.60. The molecule has 2 aliphatic heterocycles. The zero-order valence-corrected chi connectivity index (χ0v) is 14.3. The van der Waals surface area contributed by atoms with Gasteiger partial charge in [0, 0.05) is 25.1 Å². The Kier molecular flexibility index (Phi) is 4.08. The van der Waals surface area contributed by atoms with Crippen LogP contribution in [0.4, 0.5) is 10.1 Å². The number of likely N-dealkylation sites (tertiary alicyclic amines) is 1. The van der Waals surface area contributed by atoms with Crippen molar-refractivity contribution >= 4 is 5.69 Å². The summed E-state index contributed by atoms with van der Waals surface area (Å²) in [5, 5.41) is 3.51. The molecule has 2 atom stereocenters. The van der Waals surface area contributed by atoms with Gasteiger partial charge < -0.3 is 10.2 Å². The average molecular weight is 318 g/mol. The number of fused-ring (bicyclic) bond motifs is 2. The van der Waals surface area contributed by atoms with E-state index in [1.54, 1.807) is 12.1 Å². The van der Waals surface area contributed by atoms with Gasteiger partial charge in [0.25, 0.3) is 0 Å². The Morgan fingerprint density at radius 3 is 2.83 bits per heavy atom. The van der Waals surface area contributed by atoms with Crippen LogP contribution >= 0.6 is 0 Å². The second-order valence-electron chi connectivity index (χ2n) is 8.14. The van der Waals surface area contributed by atoms with Gasteiger partial charge in [-0.05, 0) is 68.5 Å². The summed E-state index contributed by atoms with van der Waals surface area (Å²) in [6.07, 6.45) is 9.29. The molecule has 1 spiro atoms. The van der Waals surface area contributed by atoms with E-state index in [4.69, 9.17) is 0 Å².